The van der Waals surface area contributed by atoms with Crippen molar-refractivity contribution >= 4 is 61.5 Å². The number of hydrogen-bond donors (Lipinski definition) is 1. The van der Waals surface area contributed by atoms with Gasteiger partial charge in [0.25, 0.3) is 0 Å². The molecule has 2 heterocycles. The first-order chi connectivity index (χ1) is 16.5. The predicted octanol–water partition coefficient (Wildman–Crippen LogP) is 7.06. The number of hydrogen-bond acceptors (Lipinski definition) is 4. The molecule has 5 rings (SSSR count). The van der Waals surface area contributed by atoms with Gasteiger partial charge in [0.2, 0.25) is 0 Å². The van der Waals surface area contributed by atoms with Gasteiger partial charge >= 0.3 is 5.97 Å². The number of thiazole rings is 1. The van der Waals surface area contributed by atoms with E-state index in [1.54, 1.807) is 16.0 Å². The van der Waals surface area contributed by atoms with Gasteiger partial charge in [-0.3, -0.25) is 4.79 Å². The number of aryl methyl sites for hydroxylation is 1. The van der Waals surface area contributed by atoms with Gasteiger partial charge in [0.1, 0.15) is 10.2 Å². The summed E-state index contributed by atoms with van der Waals surface area (Å²) in [6, 6.07) is 22.4. The van der Waals surface area contributed by atoms with Gasteiger partial charge in [0.15, 0.2) is 0 Å². The number of carbonyl (C=O) groups is 1. The van der Waals surface area contributed by atoms with Crippen LogP contribution in [0.2, 0.25) is 5.15 Å². The van der Waals surface area contributed by atoms with Crippen LogP contribution in [-0.2, 0) is 11.3 Å². The van der Waals surface area contributed by atoms with Gasteiger partial charge in [0.05, 0.1) is 22.5 Å². The van der Waals surface area contributed by atoms with Crippen LogP contribution in [0.3, 0.4) is 0 Å². The van der Waals surface area contributed by atoms with Gasteiger partial charge in [-0.05, 0) is 53.5 Å². The molecular formula is C27H22ClN3O2S. The van der Waals surface area contributed by atoms with Gasteiger partial charge < -0.3 is 5.11 Å². The Labute approximate surface area is 206 Å². The molecule has 0 aliphatic heterocycles. The second kappa shape index (κ2) is 9.41. The van der Waals surface area contributed by atoms with Crippen LogP contribution in [0, 0.1) is 6.92 Å². The van der Waals surface area contributed by atoms with Crippen molar-refractivity contribution in [3.63, 3.8) is 0 Å². The number of allylic oxidation sites excluding steroid dienone is 1. The average molecular weight is 488 g/mol. The van der Waals surface area contributed by atoms with Crippen LogP contribution in [0.4, 0.5) is 0 Å². The van der Waals surface area contributed by atoms with E-state index in [2.05, 4.69) is 24.3 Å². The van der Waals surface area contributed by atoms with Crippen LogP contribution in [0.1, 0.15) is 34.7 Å². The van der Waals surface area contributed by atoms with E-state index in [4.69, 9.17) is 21.7 Å². The molecule has 170 valence electrons. The first-order valence-electron chi connectivity index (χ1n) is 11.0. The molecule has 0 saturated carbocycles. The number of benzene rings is 3. The monoisotopic (exact) mass is 487 g/mol. The van der Waals surface area contributed by atoms with E-state index >= 15 is 0 Å². The number of aliphatic carboxylic acids is 1. The van der Waals surface area contributed by atoms with Crippen LogP contribution in [0.15, 0.2) is 66.7 Å². The third kappa shape index (κ3) is 4.47. The molecule has 0 fully saturated rings. The highest BCUT2D eigenvalue weighted by Crippen LogP contribution is 2.33. The molecule has 2 aromatic heterocycles. The number of rotatable bonds is 7. The molecule has 0 aliphatic carbocycles. The summed E-state index contributed by atoms with van der Waals surface area (Å²) in [5, 5.41) is 17.7. The normalized spacial score (nSPS) is 12.0. The lowest BCUT2D eigenvalue weighted by Crippen LogP contribution is -2.02. The van der Waals surface area contributed by atoms with Gasteiger partial charge in [-0.1, -0.05) is 66.2 Å². The van der Waals surface area contributed by atoms with Crippen LogP contribution in [0.25, 0.3) is 32.6 Å². The van der Waals surface area contributed by atoms with Crippen molar-refractivity contribution in [1.29, 1.82) is 0 Å². The van der Waals surface area contributed by atoms with Crippen LogP contribution in [0.5, 0.6) is 0 Å². The van der Waals surface area contributed by atoms with E-state index in [0.29, 0.717) is 18.1 Å². The van der Waals surface area contributed by atoms with E-state index in [1.807, 2.05) is 55.5 Å². The molecule has 0 spiro atoms. The molecular weight excluding hydrogens is 466 g/mol. The van der Waals surface area contributed by atoms with Gasteiger partial charge in [0, 0.05) is 12.0 Å². The molecule has 5 nitrogen and oxygen atoms in total. The molecule has 0 bridgehead atoms. The number of para-hydroxylation sites is 1. The maximum Gasteiger partial charge on any atom is 0.303 e. The first kappa shape index (κ1) is 22.3. The highest BCUT2D eigenvalue weighted by molar-refractivity contribution is 7.19. The maximum absolute atomic E-state index is 11.3. The quantitative estimate of drug-likeness (QED) is 0.267. The Hall–Kier alpha value is -3.48. The fourth-order valence-electron chi connectivity index (χ4n) is 4.09. The van der Waals surface area contributed by atoms with E-state index in [-0.39, 0.29) is 6.42 Å². The fourth-order valence-corrected chi connectivity index (χ4v) is 5.39. The van der Waals surface area contributed by atoms with Crippen molar-refractivity contribution in [1.82, 2.24) is 14.8 Å². The first-order valence-corrected chi connectivity index (χ1v) is 12.2. The summed E-state index contributed by atoms with van der Waals surface area (Å²) in [5.41, 5.74) is 4.47. The number of carboxylic acids is 1. The average Bonchev–Trinajstić information content (AvgIpc) is 3.38. The Morgan fingerprint density at radius 3 is 2.65 bits per heavy atom. The molecule has 0 radical (unpaired) electrons. The summed E-state index contributed by atoms with van der Waals surface area (Å²) in [6.07, 6.45) is 2.33. The highest BCUT2D eigenvalue weighted by atomic mass is 35.5. The standard InChI is InChI=1S/C27H22ClN3O2S/c1-17-22(15-19(13-14-25(32)33)27-29-23-11-4-5-12-24(23)34-27)26(28)31(30-17)16-20-9-6-8-18-7-2-3-10-21(18)20/h2-12,15H,13-14,16H2,1H3,(H,32,33)/b19-15+. The van der Waals surface area contributed by atoms with Crippen molar-refractivity contribution in [3.05, 3.63) is 93.7 Å². The smallest absolute Gasteiger partial charge is 0.303 e. The lowest BCUT2D eigenvalue weighted by molar-refractivity contribution is -0.136. The molecule has 34 heavy (non-hydrogen) atoms. The van der Waals surface area contributed by atoms with E-state index in [1.165, 1.54) is 10.8 Å². The summed E-state index contributed by atoms with van der Waals surface area (Å²) in [5.74, 6) is -0.846. The van der Waals surface area contributed by atoms with Gasteiger partial charge in [-0.2, -0.15) is 5.10 Å². The molecule has 0 amide bonds. The molecule has 0 saturated heterocycles. The Balaban J connectivity index is 1.54. The second-order valence-electron chi connectivity index (χ2n) is 8.14. The number of carboxylic acid groups (broad SMARTS) is 1. The minimum absolute atomic E-state index is 0.0164. The Kier molecular flexibility index (Phi) is 6.18. The third-order valence-corrected chi connectivity index (χ3v) is 7.32. The zero-order chi connectivity index (χ0) is 23.7. The van der Waals surface area contributed by atoms with Crippen molar-refractivity contribution in [2.75, 3.05) is 0 Å². The van der Waals surface area contributed by atoms with Crippen molar-refractivity contribution < 1.29 is 9.90 Å². The van der Waals surface area contributed by atoms with Crippen LogP contribution >= 0.6 is 22.9 Å². The molecule has 0 unspecified atom stereocenters. The van der Waals surface area contributed by atoms with Crippen LogP contribution < -0.4 is 0 Å². The minimum Gasteiger partial charge on any atom is -0.481 e. The third-order valence-electron chi connectivity index (χ3n) is 5.80. The molecule has 5 aromatic rings. The molecule has 0 aliphatic rings. The highest BCUT2D eigenvalue weighted by Gasteiger charge is 2.17. The Morgan fingerprint density at radius 2 is 1.82 bits per heavy atom. The topological polar surface area (TPSA) is 68.0 Å². The number of fused-ring (bicyclic) bond motifs is 2. The SMILES string of the molecule is Cc1nn(Cc2cccc3ccccc23)c(Cl)c1/C=C(\CCC(=O)O)c1nc2ccccc2s1. The van der Waals surface area contributed by atoms with Crippen LogP contribution in [-0.4, -0.2) is 25.8 Å². The van der Waals surface area contributed by atoms with E-state index < -0.39 is 5.97 Å². The van der Waals surface area contributed by atoms with Crippen molar-refractivity contribution in [2.45, 2.75) is 26.3 Å². The second-order valence-corrected chi connectivity index (χ2v) is 9.52. The zero-order valence-electron chi connectivity index (χ0n) is 18.5. The predicted molar refractivity (Wildman–Crippen MR) is 139 cm³/mol. The molecule has 3 aromatic carbocycles. The van der Waals surface area contributed by atoms with Crippen molar-refractivity contribution in [2.24, 2.45) is 0 Å². The maximum atomic E-state index is 11.3. The van der Waals surface area contributed by atoms with Crippen molar-refractivity contribution in [3.8, 4) is 0 Å². The van der Waals surface area contributed by atoms with Gasteiger partial charge in [-0.25, -0.2) is 9.67 Å². The summed E-state index contributed by atoms with van der Waals surface area (Å²) in [7, 11) is 0. The van der Waals surface area contributed by atoms with E-state index in [9.17, 15) is 9.90 Å². The number of nitrogens with zero attached hydrogens (tertiary/aromatic N) is 3. The minimum atomic E-state index is -0.846. The largest absolute Gasteiger partial charge is 0.481 e. The Bertz CT molecular complexity index is 1510. The lowest BCUT2D eigenvalue weighted by Gasteiger charge is -2.08. The molecule has 1 N–H and O–H groups in total. The summed E-state index contributed by atoms with van der Waals surface area (Å²) in [4.78, 5) is 16.1. The fraction of sp³-hybridized carbons (Fsp3) is 0.148. The lowest BCUT2D eigenvalue weighted by atomic mass is 10.0. The summed E-state index contributed by atoms with van der Waals surface area (Å²) >= 11 is 8.38. The Morgan fingerprint density at radius 1 is 1.06 bits per heavy atom. The summed E-state index contributed by atoms with van der Waals surface area (Å²) < 4.78 is 2.87. The molecule has 7 heteroatoms. The van der Waals surface area contributed by atoms with Gasteiger partial charge in [-0.15, -0.1) is 11.3 Å². The number of aromatic nitrogens is 3. The van der Waals surface area contributed by atoms with E-state index in [0.717, 1.165) is 37.6 Å². The number of halogens is 1. The summed E-state index contributed by atoms with van der Waals surface area (Å²) in [6.45, 7) is 2.46. The molecule has 0 atom stereocenters. The zero-order valence-corrected chi connectivity index (χ0v) is 20.1.